The highest BCUT2D eigenvalue weighted by Crippen LogP contribution is 2.27. The number of hydrogen-bond acceptors (Lipinski definition) is 1. The van der Waals surface area contributed by atoms with Crippen LogP contribution in [0, 0.1) is 6.92 Å². The lowest BCUT2D eigenvalue weighted by atomic mass is 10.0. The summed E-state index contributed by atoms with van der Waals surface area (Å²) in [6.07, 6.45) is 6.76. The summed E-state index contributed by atoms with van der Waals surface area (Å²) in [5.41, 5.74) is 3.67. The number of unbranched alkanes of at least 4 members (excludes halogenated alkanes) is 1. The van der Waals surface area contributed by atoms with E-state index in [-0.39, 0.29) is 0 Å². The Morgan fingerprint density at radius 1 is 1.12 bits per heavy atom. The minimum atomic E-state index is 0.963. The fourth-order valence-electron chi connectivity index (χ4n) is 1.72. The van der Waals surface area contributed by atoms with Gasteiger partial charge in [0.1, 0.15) is 0 Å². The van der Waals surface area contributed by atoms with Crippen LogP contribution in [0.5, 0.6) is 0 Å². The highest BCUT2D eigenvalue weighted by atomic mass is 79.9. The second kappa shape index (κ2) is 5.35. The van der Waals surface area contributed by atoms with Crippen LogP contribution < -0.4 is 0 Å². The first-order valence-electron chi connectivity index (χ1n) is 5.41. The zero-order valence-corrected chi connectivity index (χ0v) is 10.7. The third kappa shape index (κ3) is 2.56. The first kappa shape index (κ1) is 11.5. The van der Waals surface area contributed by atoms with Gasteiger partial charge in [-0.25, -0.2) is 0 Å². The number of hydrogen-bond donors (Lipinski definition) is 0. The maximum Gasteiger partial charge on any atom is 0.0983 e. The number of aryl methyl sites for hydroxylation is 1. The average Bonchev–Trinajstić information content (AvgIpc) is 2.75. The fourth-order valence-corrected chi connectivity index (χ4v) is 1.98. The van der Waals surface area contributed by atoms with E-state index in [9.17, 15) is 0 Å². The largest absolute Gasteiger partial charge is 0.472 e. The second-order valence-corrected chi connectivity index (χ2v) is 4.69. The summed E-state index contributed by atoms with van der Waals surface area (Å²) in [6.45, 7) is 3.86. The van der Waals surface area contributed by atoms with E-state index < -0.39 is 0 Å². The maximum atomic E-state index is 5.30. The fraction of sp³-hybridized carbons (Fsp3) is 0.214. The SMILES string of the molecule is [CH2]CCCc1cocc1-c1ccc(Br)cc1. The number of halogens is 1. The molecule has 0 aliphatic carbocycles. The van der Waals surface area contributed by atoms with Gasteiger partial charge in [-0.2, -0.15) is 0 Å². The van der Waals surface area contributed by atoms with Crippen LogP contribution >= 0.6 is 15.9 Å². The normalized spacial score (nSPS) is 10.6. The molecule has 1 aromatic carbocycles. The Bertz CT molecular complexity index is 442. The molecule has 0 N–H and O–H groups in total. The van der Waals surface area contributed by atoms with Gasteiger partial charge in [0, 0.05) is 10.0 Å². The second-order valence-electron chi connectivity index (χ2n) is 3.77. The zero-order valence-electron chi connectivity index (χ0n) is 9.08. The lowest BCUT2D eigenvalue weighted by Gasteiger charge is -2.02. The quantitative estimate of drug-likeness (QED) is 0.778. The first-order valence-corrected chi connectivity index (χ1v) is 6.21. The Balaban J connectivity index is 2.26. The molecule has 0 amide bonds. The van der Waals surface area contributed by atoms with Crippen LogP contribution in [0.1, 0.15) is 18.4 Å². The molecule has 1 heterocycles. The molecule has 83 valence electrons. The molecule has 0 bridgehead atoms. The Morgan fingerprint density at radius 2 is 1.88 bits per heavy atom. The van der Waals surface area contributed by atoms with Gasteiger partial charge in [-0.05, 0) is 36.1 Å². The van der Waals surface area contributed by atoms with Crippen molar-refractivity contribution in [3.63, 3.8) is 0 Å². The highest BCUT2D eigenvalue weighted by molar-refractivity contribution is 9.10. The van der Waals surface area contributed by atoms with Gasteiger partial charge in [0.25, 0.3) is 0 Å². The van der Waals surface area contributed by atoms with Crippen LogP contribution in [-0.4, -0.2) is 0 Å². The van der Waals surface area contributed by atoms with Gasteiger partial charge in [0.05, 0.1) is 12.5 Å². The van der Waals surface area contributed by atoms with E-state index in [1.165, 1.54) is 16.7 Å². The highest BCUT2D eigenvalue weighted by Gasteiger charge is 2.07. The van der Waals surface area contributed by atoms with Crippen LogP contribution in [0.3, 0.4) is 0 Å². The van der Waals surface area contributed by atoms with Crippen molar-refractivity contribution >= 4 is 15.9 Å². The minimum Gasteiger partial charge on any atom is -0.472 e. The molecule has 0 aliphatic rings. The molecule has 0 saturated heterocycles. The van der Waals surface area contributed by atoms with Crippen molar-refractivity contribution in [1.29, 1.82) is 0 Å². The summed E-state index contributed by atoms with van der Waals surface area (Å²) in [4.78, 5) is 0. The van der Waals surface area contributed by atoms with E-state index in [0.717, 1.165) is 23.7 Å². The Hall–Kier alpha value is -1.02. The van der Waals surface area contributed by atoms with Gasteiger partial charge >= 0.3 is 0 Å². The molecule has 0 aliphatic heterocycles. The third-order valence-electron chi connectivity index (χ3n) is 2.59. The van der Waals surface area contributed by atoms with Gasteiger partial charge in [-0.3, -0.25) is 0 Å². The Kier molecular flexibility index (Phi) is 3.83. The lowest BCUT2D eigenvalue weighted by Crippen LogP contribution is -1.85. The van der Waals surface area contributed by atoms with Gasteiger partial charge in [-0.1, -0.05) is 41.4 Å². The van der Waals surface area contributed by atoms with E-state index in [1.807, 2.05) is 24.7 Å². The minimum absolute atomic E-state index is 0.963. The predicted molar refractivity (Wildman–Crippen MR) is 70.1 cm³/mol. The smallest absolute Gasteiger partial charge is 0.0983 e. The van der Waals surface area contributed by atoms with Crippen molar-refractivity contribution in [1.82, 2.24) is 0 Å². The predicted octanol–water partition coefficient (Wildman–Crippen LogP) is 4.87. The van der Waals surface area contributed by atoms with Gasteiger partial charge in [-0.15, -0.1) is 0 Å². The molecular weight excluding hydrogens is 264 g/mol. The molecule has 1 nitrogen and oxygen atoms in total. The zero-order chi connectivity index (χ0) is 11.4. The summed E-state index contributed by atoms with van der Waals surface area (Å²) in [6, 6.07) is 8.30. The van der Waals surface area contributed by atoms with Crippen molar-refractivity contribution in [3.05, 3.63) is 53.8 Å². The Labute approximate surface area is 105 Å². The number of benzene rings is 1. The summed E-state index contributed by atoms with van der Waals surface area (Å²) in [7, 11) is 0. The molecular formula is C14H14BrO. The molecule has 0 saturated carbocycles. The maximum absolute atomic E-state index is 5.30. The van der Waals surface area contributed by atoms with Crippen molar-refractivity contribution in [2.45, 2.75) is 19.3 Å². The monoisotopic (exact) mass is 277 g/mol. The van der Waals surface area contributed by atoms with E-state index in [4.69, 9.17) is 4.42 Å². The summed E-state index contributed by atoms with van der Waals surface area (Å²) < 4.78 is 6.39. The first-order chi connectivity index (χ1) is 7.81. The molecule has 2 rings (SSSR count). The van der Waals surface area contributed by atoms with Crippen LogP contribution in [0.4, 0.5) is 0 Å². The van der Waals surface area contributed by atoms with Crippen molar-refractivity contribution in [2.24, 2.45) is 0 Å². The number of furan rings is 1. The summed E-state index contributed by atoms with van der Waals surface area (Å²) >= 11 is 3.44. The number of rotatable bonds is 4. The van der Waals surface area contributed by atoms with Crippen molar-refractivity contribution in [3.8, 4) is 11.1 Å². The molecule has 16 heavy (non-hydrogen) atoms. The molecule has 0 spiro atoms. The third-order valence-corrected chi connectivity index (χ3v) is 3.12. The average molecular weight is 278 g/mol. The molecule has 2 heteroatoms. The van der Waals surface area contributed by atoms with Crippen LogP contribution in [-0.2, 0) is 6.42 Å². The van der Waals surface area contributed by atoms with Gasteiger partial charge in [0.15, 0.2) is 0 Å². The van der Waals surface area contributed by atoms with Crippen molar-refractivity contribution in [2.75, 3.05) is 0 Å². The molecule has 0 fully saturated rings. The van der Waals surface area contributed by atoms with Crippen LogP contribution in [0.25, 0.3) is 11.1 Å². The van der Waals surface area contributed by atoms with Crippen LogP contribution in [0.15, 0.2) is 45.7 Å². The van der Waals surface area contributed by atoms with E-state index in [2.05, 4.69) is 35.0 Å². The van der Waals surface area contributed by atoms with E-state index in [0.29, 0.717) is 0 Å². The molecule has 2 aromatic rings. The lowest BCUT2D eigenvalue weighted by molar-refractivity contribution is 0.563. The Morgan fingerprint density at radius 3 is 2.56 bits per heavy atom. The summed E-state index contributed by atoms with van der Waals surface area (Å²) in [5, 5.41) is 0. The van der Waals surface area contributed by atoms with Crippen LogP contribution in [0.2, 0.25) is 0 Å². The molecule has 1 radical (unpaired) electrons. The standard InChI is InChI=1S/C14H14BrO/c1-2-3-4-12-9-16-10-14(12)11-5-7-13(15)8-6-11/h5-10H,1-4H2. The molecule has 0 unspecified atom stereocenters. The van der Waals surface area contributed by atoms with E-state index >= 15 is 0 Å². The molecule has 1 aromatic heterocycles. The van der Waals surface area contributed by atoms with Crippen molar-refractivity contribution < 1.29 is 4.42 Å². The van der Waals surface area contributed by atoms with E-state index in [1.54, 1.807) is 0 Å². The molecule has 0 atom stereocenters. The van der Waals surface area contributed by atoms with Gasteiger partial charge in [0.2, 0.25) is 0 Å². The topological polar surface area (TPSA) is 13.1 Å². The van der Waals surface area contributed by atoms with Gasteiger partial charge < -0.3 is 4.42 Å². The summed E-state index contributed by atoms with van der Waals surface area (Å²) in [5.74, 6) is 0.